The average Bonchev–Trinajstić information content (AvgIpc) is 2.62. The molecule has 0 spiro atoms. The van der Waals surface area contributed by atoms with Gasteiger partial charge in [-0.3, -0.25) is 4.18 Å². The smallest absolute Gasteiger partial charge is 0.735 e. The number of carboxylic acid groups (broad SMARTS) is 1. The zero-order valence-electron chi connectivity index (χ0n) is 18.2. The van der Waals surface area contributed by atoms with Crippen LogP contribution in [0.1, 0.15) is 0 Å². The third-order valence-electron chi connectivity index (χ3n) is 4.51. The molecular weight excluding hydrogens is 545 g/mol. The van der Waals surface area contributed by atoms with Crippen LogP contribution in [-0.2, 0) is 39.2 Å². The summed E-state index contributed by atoms with van der Waals surface area (Å²) in [7, 11) is -10.6. The molecule has 0 bridgehead atoms. The van der Waals surface area contributed by atoms with Gasteiger partial charge in [0.25, 0.3) is 0 Å². The molecule has 0 aliphatic carbocycles. The standard InChI is InChI=1S/C12H22N2O15S2.3Na/c15-3-1-13-6(11(19)20)10(7(3)16)29-12-5(14-30(21,22)23)9(18)8(17)4(28-12)2-27-31(24,25)26;;;/h3-10,12-18H,1-2H2,(H,19,20)(H,21,22,23)(H,24,25,26);;;/q;3*+1/p-3/t3-,4+,5+,6+,7+,8+,9+,10+,12+;;;/m0.../s1. The van der Waals surface area contributed by atoms with E-state index in [0.717, 1.165) is 0 Å². The molecule has 2 aliphatic rings. The fourth-order valence-corrected chi connectivity index (χ4v) is 3.94. The van der Waals surface area contributed by atoms with Gasteiger partial charge in [-0.05, 0) is 0 Å². The molecule has 17 nitrogen and oxygen atoms in total. The summed E-state index contributed by atoms with van der Waals surface area (Å²) in [6.07, 6.45) is -13.7. The van der Waals surface area contributed by atoms with Crippen LogP contribution >= 0.6 is 0 Å². The molecule has 2 heterocycles. The largest absolute Gasteiger partial charge is 1.00 e. The minimum Gasteiger partial charge on any atom is -0.735 e. The van der Waals surface area contributed by atoms with Crippen molar-refractivity contribution in [3.8, 4) is 0 Å². The van der Waals surface area contributed by atoms with Gasteiger partial charge in [0.05, 0.1) is 24.7 Å². The van der Waals surface area contributed by atoms with E-state index in [1.807, 2.05) is 0 Å². The Morgan fingerprint density at radius 3 is 2.06 bits per heavy atom. The van der Waals surface area contributed by atoms with Crippen molar-refractivity contribution >= 4 is 26.7 Å². The Hall–Kier alpha value is 1.93. The molecule has 0 aromatic rings. The summed E-state index contributed by atoms with van der Waals surface area (Å²) in [5.74, 6) is -1.81. The Morgan fingerprint density at radius 1 is 1.03 bits per heavy atom. The fourth-order valence-electron chi connectivity index (χ4n) is 3.06. The zero-order valence-corrected chi connectivity index (χ0v) is 25.8. The topological polar surface area (TPSA) is 287 Å². The van der Waals surface area contributed by atoms with E-state index in [4.69, 9.17) is 9.47 Å². The molecule has 0 aromatic carbocycles. The van der Waals surface area contributed by atoms with Gasteiger partial charge in [0.1, 0.15) is 36.6 Å². The molecule has 34 heavy (non-hydrogen) atoms. The van der Waals surface area contributed by atoms with Gasteiger partial charge < -0.3 is 54.2 Å². The van der Waals surface area contributed by atoms with Crippen LogP contribution in [-0.4, -0.2) is 120 Å². The molecule has 22 heteroatoms. The van der Waals surface area contributed by atoms with Crippen LogP contribution in [0.15, 0.2) is 0 Å². The Balaban J connectivity index is 0. The first-order valence-corrected chi connectivity index (χ1v) is 11.2. The van der Waals surface area contributed by atoms with E-state index in [1.54, 1.807) is 0 Å². The van der Waals surface area contributed by atoms with E-state index >= 15 is 0 Å². The van der Waals surface area contributed by atoms with Crippen LogP contribution in [0.5, 0.6) is 0 Å². The Morgan fingerprint density at radius 2 is 1.59 bits per heavy atom. The van der Waals surface area contributed by atoms with Crippen LogP contribution in [0.4, 0.5) is 0 Å². The van der Waals surface area contributed by atoms with E-state index in [0.29, 0.717) is 0 Å². The van der Waals surface area contributed by atoms with E-state index in [1.165, 1.54) is 4.72 Å². The molecule has 6 N–H and O–H groups in total. The van der Waals surface area contributed by atoms with Crippen molar-refractivity contribution in [3.05, 3.63) is 0 Å². The first-order valence-electron chi connectivity index (χ1n) is 8.41. The number of hydrogen-bond donors (Lipinski definition) is 6. The van der Waals surface area contributed by atoms with Crippen LogP contribution in [0.25, 0.3) is 0 Å². The molecule has 2 aliphatic heterocycles. The number of carbonyl (C=O) groups is 1. The molecule has 0 amide bonds. The van der Waals surface area contributed by atoms with E-state index in [9.17, 15) is 56.3 Å². The molecule has 182 valence electrons. The Labute approximate surface area is 260 Å². The summed E-state index contributed by atoms with van der Waals surface area (Å²) in [5, 5.41) is 53.6. The van der Waals surface area contributed by atoms with E-state index in [-0.39, 0.29) is 88.7 Å². The first-order chi connectivity index (χ1) is 14.1. The summed E-state index contributed by atoms with van der Waals surface area (Å²) in [5.41, 5.74) is 0. The maximum atomic E-state index is 11.3. The van der Waals surface area contributed by atoms with Gasteiger partial charge in [-0.1, -0.05) is 0 Å². The number of hydrogen-bond acceptors (Lipinski definition) is 16. The fraction of sp³-hybridized carbons (Fsp3) is 0.917. The first kappa shape index (κ1) is 38.1. The number of piperidine rings is 1. The second-order valence-electron chi connectivity index (χ2n) is 6.68. The number of nitrogens with one attached hydrogen (secondary N) is 2. The van der Waals surface area contributed by atoms with Crippen molar-refractivity contribution in [1.29, 1.82) is 0 Å². The number of aliphatic carboxylic acids is 1. The Kier molecular flexibility index (Phi) is 17.4. The Bertz CT molecular complexity index is 863. The van der Waals surface area contributed by atoms with Gasteiger partial charge in [0.15, 0.2) is 16.6 Å². The number of carbonyl (C=O) groups excluding carboxylic acids is 1. The van der Waals surface area contributed by atoms with Crippen LogP contribution in [0, 0.1) is 0 Å². The number of rotatable bonds is 8. The van der Waals surface area contributed by atoms with Gasteiger partial charge >= 0.3 is 88.7 Å². The van der Waals surface area contributed by atoms with E-state index < -0.39 is 94.8 Å². The minimum absolute atomic E-state index is 0. The maximum absolute atomic E-state index is 11.3. The molecule has 2 rings (SSSR count). The summed E-state index contributed by atoms with van der Waals surface area (Å²) in [4.78, 5) is 11.3. The molecule has 0 aromatic heterocycles. The summed E-state index contributed by atoms with van der Waals surface area (Å²) in [6, 6.07) is -3.88. The van der Waals surface area contributed by atoms with Crippen LogP contribution in [0.2, 0.25) is 0 Å². The van der Waals surface area contributed by atoms with Gasteiger partial charge in [-0.15, -0.1) is 0 Å². The molecule has 9 atom stereocenters. The van der Waals surface area contributed by atoms with Crippen molar-refractivity contribution in [2.45, 2.75) is 55.0 Å². The third kappa shape index (κ3) is 11.0. The van der Waals surface area contributed by atoms with Gasteiger partial charge in [0, 0.05) is 6.54 Å². The number of β-amino-alcohol motifs (C(OH)–C–C–N with tert-alkyl or cyclic N) is 1. The second-order valence-corrected chi connectivity index (χ2v) is 8.87. The third-order valence-corrected chi connectivity index (χ3v) is 5.50. The number of aliphatic hydroxyl groups excluding tert-OH is 4. The molecule has 2 saturated heterocycles. The average molecular weight is 564 g/mol. The van der Waals surface area contributed by atoms with Gasteiger partial charge in [0.2, 0.25) is 10.4 Å². The molecule has 2 fully saturated rings. The van der Waals surface area contributed by atoms with Crippen molar-refractivity contribution < 1.29 is 159 Å². The molecular formula is C12H19N2Na3O15S2. The zero-order chi connectivity index (χ0) is 23.7. The molecule has 0 saturated carbocycles. The SMILES string of the molecule is O=C([O-])[C@@H]1NC[C@H](O)[C@@H](O)[C@@H]1O[C@H]1O[C@H](COS(=O)(=O)[O-])[C@@H](O)[C@H](O)[C@H]1NS(=O)(=O)[O-].[Na+].[Na+].[Na+]. The van der Waals surface area contributed by atoms with Crippen molar-refractivity contribution in [1.82, 2.24) is 10.0 Å². The quantitative estimate of drug-likeness (QED) is 0.0906. The number of aliphatic hydroxyl groups is 4. The summed E-state index contributed by atoms with van der Waals surface area (Å²) in [6.45, 7) is -1.58. The van der Waals surface area contributed by atoms with Crippen molar-refractivity contribution in [2.75, 3.05) is 13.2 Å². The maximum Gasteiger partial charge on any atom is 1.00 e. The van der Waals surface area contributed by atoms with Gasteiger partial charge in [-0.2, -0.15) is 0 Å². The van der Waals surface area contributed by atoms with Crippen LogP contribution < -0.4 is 104 Å². The van der Waals surface area contributed by atoms with Gasteiger partial charge in [-0.25, -0.2) is 21.6 Å². The predicted octanol–water partition coefficient (Wildman–Crippen LogP) is -16.8. The van der Waals surface area contributed by atoms with Crippen molar-refractivity contribution in [3.63, 3.8) is 0 Å². The van der Waals surface area contributed by atoms with E-state index in [2.05, 4.69) is 9.50 Å². The summed E-state index contributed by atoms with van der Waals surface area (Å²) >= 11 is 0. The predicted molar refractivity (Wildman–Crippen MR) is 86.6 cm³/mol. The number of carboxylic acids is 1. The monoisotopic (exact) mass is 564 g/mol. The van der Waals surface area contributed by atoms with Crippen molar-refractivity contribution in [2.24, 2.45) is 0 Å². The molecule has 0 radical (unpaired) electrons. The minimum atomic E-state index is -5.33. The normalized spacial score (nSPS) is 36.4. The van der Waals surface area contributed by atoms with Crippen LogP contribution in [0.3, 0.4) is 0 Å². The molecule has 0 unspecified atom stereocenters. The second kappa shape index (κ2) is 15.5. The summed E-state index contributed by atoms with van der Waals surface area (Å²) < 4.78 is 80.7. The number of ether oxygens (including phenoxy) is 2.